The van der Waals surface area contributed by atoms with Crippen LogP contribution in [0.5, 0.6) is 0 Å². The Kier molecular flexibility index (Phi) is 370. The van der Waals surface area contributed by atoms with Crippen molar-refractivity contribution in [2.45, 2.75) is 0 Å². The molecule has 0 bridgehead atoms. The predicted octanol–water partition coefficient (Wildman–Crippen LogP) is -6.04. The van der Waals surface area contributed by atoms with E-state index < -0.39 is 0 Å². The van der Waals surface area contributed by atoms with Crippen LogP contribution >= 0.6 is 0 Å². The molecule has 0 aromatic rings. The number of hydrogen-bond donors (Lipinski definition) is 0. The Morgan fingerprint density at radius 2 is 0.875 bits per heavy atom. The van der Waals surface area contributed by atoms with Gasteiger partial charge >= 0.3 is 117 Å². The average molecular weight is 668 g/mol. The van der Waals surface area contributed by atoms with E-state index in [0.717, 1.165) is 22.0 Å². The van der Waals surface area contributed by atoms with Crippen molar-refractivity contribution in [1.29, 1.82) is 0 Å². The molecule has 0 atom stereocenters. The van der Waals surface area contributed by atoms with Crippen LogP contribution in [0.3, 0.4) is 0 Å². The second kappa shape index (κ2) is 57.4. The average Bonchev–Trinajstić information content (AvgIpc) is 1.00. The van der Waals surface area contributed by atoms with E-state index in [9.17, 15) is 0 Å². The summed E-state index contributed by atoms with van der Waals surface area (Å²) in [6, 6.07) is 0. The first kappa shape index (κ1) is 51.6. The quantitative estimate of drug-likeness (QED) is 0.226. The van der Waals surface area contributed by atoms with Crippen LogP contribution in [0, 0.1) is 0 Å². The standard InChI is InChI=1S/2Cu.2Ga.2In.2H2Se.11H/h;;;;;;2*1H2;;;;;;;;;;;/q;;;;;+1;;;;;;;;;;;;;/p-1. The zero-order valence-corrected chi connectivity index (χ0v) is 14.1. The van der Waals surface area contributed by atoms with Crippen molar-refractivity contribution in [3.05, 3.63) is 0 Å². The van der Waals surface area contributed by atoms with Crippen molar-refractivity contribution in [3.63, 3.8) is 0 Å². The molecule has 2 radical (unpaired) electrons. The van der Waals surface area contributed by atoms with E-state index in [4.69, 9.17) is 0 Å². The van der Waals surface area contributed by atoms with Gasteiger partial charge in [-0.25, -0.2) is 0 Å². The van der Waals surface area contributed by atoms with E-state index in [0.29, 0.717) is 0 Å². The Morgan fingerprint density at radius 1 is 0.875 bits per heavy atom. The molecule has 0 unspecified atom stereocenters. The summed E-state index contributed by atoms with van der Waals surface area (Å²) < 4.78 is 0. The third-order valence-corrected chi connectivity index (χ3v) is 0. The van der Waals surface area contributed by atoms with E-state index in [1.165, 1.54) is 0 Å². The molecule has 0 aliphatic carbocycles. The Morgan fingerprint density at radius 3 is 0.875 bits per heavy atom. The fourth-order valence-corrected chi connectivity index (χ4v) is 0. The SMILES string of the molecule is [Cu].[Cu].[GaH3].[GaH3].[InH3].[SeH2].[SeH][InH2]. The molecule has 0 amide bonds. The first-order chi connectivity index (χ1) is 1.00. The van der Waals surface area contributed by atoms with Gasteiger partial charge in [0.05, 0.1) is 0 Å². The molecule has 0 N–H and O–H groups in total. The van der Waals surface area contributed by atoms with Crippen LogP contribution in [-0.4, -0.2) is 117 Å². The summed E-state index contributed by atoms with van der Waals surface area (Å²) in [5.41, 5.74) is 0. The monoisotopic (exact) mass is 667 g/mol. The van der Waals surface area contributed by atoms with Crippen LogP contribution in [0.4, 0.5) is 0 Å². The summed E-state index contributed by atoms with van der Waals surface area (Å²) in [6.07, 6.45) is 0. The summed E-state index contributed by atoms with van der Waals surface area (Å²) in [5, 5.41) is 0. The van der Waals surface area contributed by atoms with Gasteiger partial charge < -0.3 is 0 Å². The normalized spacial score (nSPS) is 0.625. The van der Waals surface area contributed by atoms with Crippen LogP contribution < -0.4 is 0 Å². The van der Waals surface area contributed by atoms with E-state index in [2.05, 4.69) is 12.4 Å². The van der Waals surface area contributed by atoms with Crippen LogP contribution in [0.15, 0.2) is 0 Å². The molecular formula is H14Cu2Ga2In2Se2. The minimum atomic E-state index is 0. The summed E-state index contributed by atoms with van der Waals surface area (Å²) >= 11 is 3.41. The molecule has 60 valence electrons. The van der Waals surface area contributed by atoms with Crippen LogP contribution in [0.2, 0.25) is 0 Å². The Hall–Kier alpha value is 5.09. The third kappa shape index (κ3) is 43.6. The molecule has 0 nitrogen and oxygen atoms in total. The molecule has 0 aromatic carbocycles. The van der Waals surface area contributed by atoms with E-state index in [-0.39, 0.29) is 117 Å². The molecule has 0 fully saturated rings. The molecule has 8 heteroatoms. The molecule has 0 rings (SSSR count). The fourth-order valence-electron chi connectivity index (χ4n) is 0. The first-order valence-corrected chi connectivity index (χ1v) is 15.6. The molecule has 0 saturated carbocycles. The molecular weight excluding hydrogens is 654 g/mol. The fraction of sp³-hybridized carbons (Fsp3) is 0. The summed E-state index contributed by atoms with van der Waals surface area (Å²) in [7, 11) is 0. The van der Waals surface area contributed by atoms with Gasteiger partial charge in [0.1, 0.15) is 0 Å². The molecule has 0 saturated heterocycles. The second-order valence-corrected chi connectivity index (χ2v) is 0. The predicted molar refractivity (Wildman–Crippen MR) is 54.1 cm³/mol. The Labute approximate surface area is 147 Å². The van der Waals surface area contributed by atoms with E-state index in [1.807, 2.05) is 0 Å². The number of hydrogen-bond acceptors (Lipinski definition) is 0. The van der Waals surface area contributed by atoms with Gasteiger partial charge in [0, 0.05) is 34.1 Å². The number of rotatable bonds is 0. The zero-order chi connectivity index (χ0) is 2.00. The molecule has 0 heterocycles. The second-order valence-electron chi connectivity index (χ2n) is 0. The van der Waals surface area contributed by atoms with E-state index >= 15 is 0 Å². The molecule has 8 heavy (non-hydrogen) atoms. The maximum absolute atomic E-state index is 2.52. The summed E-state index contributed by atoms with van der Waals surface area (Å²) in [4.78, 5) is 0. The van der Waals surface area contributed by atoms with E-state index in [1.54, 1.807) is 0 Å². The van der Waals surface area contributed by atoms with Gasteiger partial charge in [0.25, 0.3) is 0 Å². The van der Waals surface area contributed by atoms with Crippen molar-refractivity contribution in [1.82, 2.24) is 0 Å². The Bertz CT molecular complexity index is 16.0. The first-order valence-electron chi connectivity index (χ1n) is 0.447. The van der Waals surface area contributed by atoms with Gasteiger partial charge in [0.2, 0.25) is 0 Å². The third-order valence-electron chi connectivity index (χ3n) is 0. The van der Waals surface area contributed by atoms with Crippen LogP contribution in [0.1, 0.15) is 0 Å². The van der Waals surface area contributed by atoms with Gasteiger partial charge in [-0.3, -0.25) is 0 Å². The van der Waals surface area contributed by atoms with Crippen molar-refractivity contribution in [2.75, 3.05) is 0 Å². The topological polar surface area (TPSA) is 0 Å². The molecule has 0 aliphatic heterocycles. The molecule has 0 spiro atoms. The van der Waals surface area contributed by atoms with Crippen molar-refractivity contribution in [3.8, 4) is 0 Å². The maximum atomic E-state index is 2.52. The Balaban J connectivity index is -0.000000000333. The van der Waals surface area contributed by atoms with Crippen LogP contribution in [0.25, 0.3) is 0 Å². The van der Waals surface area contributed by atoms with Gasteiger partial charge in [-0.15, -0.1) is 0 Å². The van der Waals surface area contributed by atoms with Crippen molar-refractivity contribution in [2.24, 2.45) is 0 Å². The van der Waals surface area contributed by atoms with Gasteiger partial charge in [-0.2, -0.15) is 0 Å². The van der Waals surface area contributed by atoms with Gasteiger partial charge in [0.15, 0.2) is 0 Å². The summed E-state index contributed by atoms with van der Waals surface area (Å²) in [5.74, 6) is 0. The van der Waals surface area contributed by atoms with Crippen LogP contribution in [-0.2, 0) is 34.1 Å². The molecule has 0 aliphatic rings. The molecule has 0 aromatic heterocycles. The minimum absolute atomic E-state index is 0. The van der Waals surface area contributed by atoms with Crippen molar-refractivity contribution < 1.29 is 34.1 Å². The van der Waals surface area contributed by atoms with Gasteiger partial charge in [-0.05, 0) is 0 Å². The van der Waals surface area contributed by atoms with Gasteiger partial charge in [-0.1, -0.05) is 0 Å². The zero-order valence-electron chi connectivity index (χ0n) is 2.55. The summed E-state index contributed by atoms with van der Waals surface area (Å²) in [6.45, 7) is 0. The van der Waals surface area contributed by atoms with Crippen molar-refractivity contribution >= 4 is 117 Å².